The van der Waals surface area contributed by atoms with Crippen LogP contribution in [0, 0.1) is 5.82 Å². The molecule has 1 aromatic carbocycles. The first-order valence-corrected chi connectivity index (χ1v) is 3.83. The second-order valence-electron chi connectivity index (χ2n) is 2.54. The van der Waals surface area contributed by atoms with Gasteiger partial charge in [-0.15, -0.1) is 0 Å². The van der Waals surface area contributed by atoms with Crippen molar-refractivity contribution >= 4 is 23.3 Å². The topological polar surface area (TPSA) is 63.3 Å². The van der Waals surface area contributed by atoms with Gasteiger partial charge < -0.3 is 10.8 Å². The molecule has 0 aliphatic carbocycles. The predicted octanol–water partition coefficient (Wildman–Crippen LogP) is 1.69. The van der Waals surface area contributed by atoms with Gasteiger partial charge in [-0.05, 0) is 17.7 Å². The Balaban J connectivity index is 3.08. The highest BCUT2D eigenvalue weighted by Crippen LogP contribution is 2.22. The number of hydrogen-bond donors (Lipinski definition) is 2. The molecule has 0 heterocycles. The van der Waals surface area contributed by atoms with Crippen LogP contribution in [-0.4, -0.2) is 11.1 Å². The minimum atomic E-state index is -1.03. The van der Waals surface area contributed by atoms with E-state index in [1.54, 1.807) is 0 Å². The third-order valence-corrected chi connectivity index (χ3v) is 1.81. The van der Waals surface area contributed by atoms with Gasteiger partial charge in [-0.3, -0.25) is 4.79 Å². The summed E-state index contributed by atoms with van der Waals surface area (Å²) in [6, 6.07) is 2.24. The average molecular weight is 204 g/mol. The third kappa shape index (κ3) is 2.32. The molecule has 0 saturated carbocycles. The van der Waals surface area contributed by atoms with Crippen molar-refractivity contribution in [2.75, 3.05) is 5.73 Å². The van der Waals surface area contributed by atoms with Crippen LogP contribution in [0.1, 0.15) is 5.56 Å². The number of rotatable bonds is 2. The molecule has 1 rings (SSSR count). The van der Waals surface area contributed by atoms with Gasteiger partial charge in [-0.25, -0.2) is 4.39 Å². The lowest BCUT2D eigenvalue weighted by molar-refractivity contribution is -0.136. The van der Waals surface area contributed by atoms with Crippen LogP contribution in [0.15, 0.2) is 12.1 Å². The number of aliphatic carboxylic acids is 1. The summed E-state index contributed by atoms with van der Waals surface area (Å²) in [5, 5.41) is 8.34. The molecule has 0 radical (unpaired) electrons. The Morgan fingerprint density at radius 3 is 2.77 bits per heavy atom. The maximum absolute atomic E-state index is 12.7. The van der Waals surface area contributed by atoms with E-state index in [9.17, 15) is 9.18 Å². The van der Waals surface area contributed by atoms with Crippen LogP contribution in [0.2, 0.25) is 5.02 Å². The third-order valence-electron chi connectivity index (χ3n) is 1.52. The Morgan fingerprint density at radius 1 is 1.62 bits per heavy atom. The zero-order valence-corrected chi connectivity index (χ0v) is 7.31. The summed E-state index contributed by atoms with van der Waals surface area (Å²) in [4.78, 5) is 10.3. The monoisotopic (exact) mass is 203 g/mol. The fraction of sp³-hybridized carbons (Fsp3) is 0.125. The highest BCUT2D eigenvalue weighted by molar-refractivity contribution is 6.30. The maximum atomic E-state index is 12.7. The largest absolute Gasteiger partial charge is 0.481 e. The molecular weight excluding hydrogens is 197 g/mol. The molecule has 0 saturated heterocycles. The first-order chi connectivity index (χ1) is 6.00. The number of nitrogen functional groups attached to an aromatic ring is 1. The van der Waals surface area contributed by atoms with Crippen LogP contribution in [-0.2, 0) is 11.2 Å². The number of carboxylic acids is 1. The number of nitrogens with two attached hydrogens (primary N) is 1. The maximum Gasteiger partial charge on any atom is 0.307 e. The number of carbonyl (C=O) groups is 1. The summed E-state index contributed by atoms with van der Waals surface area (Å²) in [6.07, 6.45) is -0.258. The van der Waals surface area contributed by atoms with E-state index in [4.69, 9.17) is 22.4 Å². The highest BCUT2D eigenvalue weighted by Gasteiger charge is 2.08. The molecule has 0 aliphatic rings. The Kier molecular flexibility index (Phi) is 2.72. The number of hydrogen-bond acceptors (Lipinski definition) is 2. The molecule has 3 N–H and O–H groups in total. The molecule has 0 fully saturated rings. The van der Waals surface area contributed by atoms with E-state index in [1.165, 1.54) is 6.07 Å². The Labute approximate surface area is 78.9 Å². The van der Waals surface area contributed by atoms with Crippen LogP contribution in [0.3, 0.4) is 0 Å². The Hall–Kier alpha value is -1.29. The summed E-state index contributed by atoms with van der Waals surface area (Å²) in [5.74, 6) is -1.68. The van der Waals surface area contributed by atoms with Crippen molar-refractivity contribution in [2.24, 2.45) is 0 Å². The summed E-state index contributed by atoms with van der Waals surface area (Å²) < 4.78 is 12.7. The van der Waals surface area contributed by atoms with E-state index in [0.717, 1.165) is 6.07 Å². The van der Waals surface area contributed by atoms with E-state index in [2.05, 4.69) is 0 Å². The van der Waals surface area contributed by atoms with Gasteiger partial charge in [-0.2, -0.15) is 0 Å². The van der Waals surface area contributed by atoms with Crippen LogP contribution in [0.5, 0.6) is 0 Å². The summed E-state index contributed by atoms with van der Waals surface area (Å²) in [6.45, 7) is 0. The number of anilines is 1. The molecular formula is C8H7ClFNO2. The SMILES string of the molecule is Nc1cc(F)c(Cl)cc1CC(=O)O. The Bertz CT molecular complexity index is 354. The quantitative estimate of drug-likeness (QED) is 0.719. The second-order valence-corrected chi connectivity index (χ2v) is 2.94. The zero-order valence-electron chi connectivity index (χ0n) is 6.55. The van der Waals surface area contributed by atoms with Crippen molar-refractivity contribution in [3.8, 4) is 0 Å². The van der Waals surface area contributed by atoms with Crippen molar-refractivity contribution in [2.45, 2.75) is 6.42 Å². The van der Waals surface area contributed by atoms with E-state index < -0.39 is 11.8 Å². The summed E-state index contributed by atoms with van der Waals surface area (Å²) in [5.41, 5.74) is 5.80. The standard InChI is InChI=1S/C8H7ClFNO2/c9-5-1-4(2-8(12)13)7(11)3-6(5)10/h1,3H,2,11H2,(H,12,13). The lowest BCUT2D eigenvalue weighted by Gasteiger charge is -2.03. The van der Waals surface area contributed by atoms with Crippen molar-refractivity contribution in [1.29, 1.82) is 0 Å². The molecule has 0 bridgehead atoms. The minimum absolute atomic E-state index is 0.101. The van der Waals surface area contributed by atoms with Gasteiger partial charge in [0.2, 0.25) is 0 Å². The zero-order chi connectivity index (χ0) is 10.0. The van der Waals surface area contributed by atoms with Crippen LogP contribution in [0.25, 0.3) is 0 Å². The molecule has 5 heteroatoms. The molecule has 0 aromatic heterocycles. The molecule has 13 heavy (non-hydrogen) atoms. The molecule has 0 atom stereocenters. The van der Waals surface area contributed by atoms with Crippen molar-refractivity contribution in [3.05, 3.63) is 28.5 Å². The average Bonchev–Trinajstić information content (AvgIpc) is 1.99. The molecule has 0 unspecified atom stereocenters. The van der Waals surface area contributed by atoms with Crippen molar-refractivity contribution in [1.82, 2.24) is 0 Å². The van der Waals surface area contributed by atoms with Gasteiger partial charge in [0.15, 0.2) is 0 Å². The predicted molar refractivity (Wildman–Crippen MR) is 47.2 cm³/mol. The van der Waals surface area contributed by atoms with Crippen LogP contribution >= 0.6 is 11.6 Å². The van der Waals surface area contributed by atoms with Gasteiger partial charge in [0, 0.05) is 5.69 Å². The lowest BCUT2D eigenvalue weighted by atomic mass is 10.1. The summed E-state index contributed by atoms with van der Waals surface area (Å²) in [7, 11) is 0. The molecule has 0 spiro atoms. The van der Waals surface area contributed by atoms with E-state index >= 15 is 0 Å². The molecule has 1 aromatic rings. The molecule has 0 amide bonds. The molecule has 70 valence electrons. The van der Waals surface area contributed by atoms with Crippen molar-refractivity contribution < 1.29 is 14.3 Å². The van der Waals surface area contributed by atoms with Crippen LogP contribution < -0.4 is 5.73 Å². The van der Waals surface area contributed by atoms with Gasteiger partial charge >= 0.3 is 5.97 Å². The number of carboxylic acid groups (broad SMARTS) is 1. The normalized spacial score (nSPS) is 10.0. The minimum Gasteiger partial charge on any atom is -0.481 e. The highest BCUT2D eigenvalue weighted by atomic mass is 35.5. The van der Waals surface area contributed by atoms with Gasteiger partial charge in [0.05, 0.1) is 11.4 Å². The van der Waals surface area contributed by atoms with Gasteiger partial charge in [0.1, 0.15) is 5.82 Å². The second kappa shape index (κ2) is 3.62. The number of benzene rings is 1. The first-order valence-electron chi connectivity index (χ1n) is 3.46. The van der Waals surface area contributed by atoms with E-state index in [0.29, 0.717) is 5.56 Å². The molecule has 3 nitrogen and oxygen atoms in total. The van der Waals surface area contributed by atoms with E-state index in [1.807, 2.05) is 0 Å². The molecule has 0 aliphatic heterocycles. The Morgan fingerprint density at radius 2 is 2.23 bits per heavy atom. The smallest absolute Gasteiger partial charge is 0.307 e. The lowest BCUT2D eigenvalue weighted by Crippen LogP contribution is -2.04. The van der Waals surface area contributed by atoms with Crippen molar-refractivity contribution in [3.63, 3.8) is 0 Å². The first kappa shape index (κ1) is 9.80. The van der Waals surface area contributed by atoms with Crippen LogP contribution in [0.4, 0.5) is 10.1 Å². The van der Waals surface area contributed by atoms with Gasteiger partial charge in [0.25, 0.3) is 0 Å². The number of halogens is 2. The van der Waals surface area contributed by atoms with E-state index in [-0.39, 0.29) is 17.1 Å². The fourth-order valence-corrected chi connectivity index (χ4v) is 1.11. The fourth-order valence-electron chi connectivity index (χ4n) is 0.919. The van der Waals surface area contributed by atoms with Gasteiger partial charge in [-0.1, -0.05) is 11.6 Å². The summed E-state index contributed by atoms with van der Waals surface area (Å²) >= 11 is 5.45.